The summed E-state index contributed by atoms with van der Waals surface area (Å²) in [6.07, 6.45) is 2.75. The largest absolute Gasteiger partial charge is 0.456 e. The fraction of sp³-hybridized carbons (Fsp3) is 0.364. The zero-order valence-electron chi connectivity index (χ0n) is 16.5. The molecule has 0 saturated heterocycles. The van der Waals surface area contributed by atoms with E-state index < -0.39 is 18.5 Å². The maximum atomic E-state index is 12.2. The van der Waals surface area contributed by atoms with Gasteiger partial charge in [0.1, 0.15) is 11.1 Å². The molecule has 0 saturated carbocycles. The van der Waals surface area contributed by atoms with Gasteiger partial charge in [-0.05, 0) is 55.9 Å². The molecule has 0 radical (unpaired) electrons. The third-order valence-corrected chi connectivity index (χ3v) is 6.24. The van der Waals surface area contributed by atoms with Crippen LogP contribution in [-0.4, -0.2) is 24.3 Å². The smallest absolute Gasteiger partial charge is 0.306 e. The van der Waals surface area contributed by atoms with Crippen LogP contribution in [0, 0.1) is 25.2 Å². The van der Waals surface area contributed by atoms with Gasteiger partial charge in [0.05, 0.1) is 12.0 Å². The maximum Gasteiger partial charge on any atom is 0.306 e. The molecule has 0 atom stereocenters. The number of anilines is 1. The van der Waals surface area contributed by atoms with E-state index in [-0.39, 0.29) is 18.6 Å². The van der Waals surface area contributed by atoms with E-state index in [1.54, 1.807) is 6.07 Å². The number of rotatable bonds is 7. The normalized spacial score (nSPS) is 12.2. The zero-order valence-corrected chi connectivity index (χ0v) is 17.3. The molecule has 0 aliphatic heterocycles. The maximum absolute atomic E-state index is 12.2. The first-order valence-electron chi connectivity index (χ1n) is 9.49. The summed E-state index contributed by atoms with van der Waals surface area (Å²) >= 11 is 1.41. The van der Waals surface area contributed by atoms with E-state index in [4.69, 9.17) is 4.74 Å². The predicted octanol–water partition coefficient (Wildman–Crippen LogP) is 3.87. The molecule has 3 rings (SSSR count). The highest BCUT2D eigenvalue weighted by molar-refractivity contribution is 7.16. The van der Waals surface area contributed by atoms with Crippen molar-refractivity contribution < 1.29 is 19.1 Å². The minimum Gasteiger partial charge on any atom is -0.456 e. The van der Waals surface area contributed by atoms with Gasteiger partial charge in [-0.25, -0.2) is 0 Å². The summed E-state index contributed by atoms with van der Waals surface area (Å²) in [5, 5.41) is 12.5. The van der Waals surface area contributed by atoms with Crippen molar-refractivity contribution in [2.45, 2.75) is 46.0 Å². The number of hydrogen-bond donors (Lipinski definition) is 1. The minimum absolute atomic E-state index is 0.0270. The third-order valence-electron chi connectivity index (χ3n) is 5.04. The first-order chi connectivity index (χ1) is 13.9. The predicted molar refractivity (Wildman–Crippen MR) is 110 cm³/mol. The number of ketones is 1. The number of nitrogens with zero attached hydrogens (tertiary/aromatic N) is 1. The number of nitriles is 1. The quantitative estimate of drug-likeness (QED) is 0.552. The van der Waals surface area contributed by atoms with Crippen molar-refractivity contribution in [3.63, 3.8) is 0 Å². The average Bonchev–Trinajstić information content (AvgIpc) is 3.27. The number of carbonyl (C=O) groups excluding carboxylic acids is 3. The van der Waals surface area contributed by atoms with Crippen molar-refractivity contribution in [1.82, 2.24) is 0 Å². The summed E-state index contributed by atoms with van der Waals surface area (Å²) in [7, 11) is 0. The van der Waals surface area contributed by atoms with Gasteiger partial charge in [0.15, 0.2) is 12.4 Å². The van der Waals surface area contributed by atoms with E-state index in [0.29, 0.717) is 16.1 Å². The Kier molecular flexibility index (Phi) is 6.45. The Morgan fingerprint density at radius 2 is 1.97 bits per heavy atom. The van der Waals surface area contributed by atoms with Crippen LogP contribution >= 0.6 is 11.3 Å². The fourth-order valence-electron chi connectivity index (χ4n) is 3.27. The molecule has 1 aliphatic rings. The van der Waals surface area contributed by atoms with Gasteiger partial charge in [0, 0.05) is 16.9 Å². The number of thiophene rings is 1. The summed E-state index contributed by atoms with van der Waals surface area (Å²) in [4.78, 5) is 37.3. The molecule has 1 heterocycles. The summed E-state index contributed by atoms with van der Waals surface area (Å²) < 4.78 is 4.97. The molecule has 6 nitrogen and oxygen atoms in total. The highest BCUT2D eigenvalue weighted by atomic mass is 32.1. The SMILES string of the molecule is Cc1ccc(C(=O)CCC(=O)OCC(=O)Nc2sc3c(c2C#N)CCC3)cc1C. The number of carbonyl (C=O) groups is 3. The fourth-order valence-corrected chi connectivity index (χ4v) is 4.52. The average molecular weight is 410 g/mol. The molecule has 7 heteroatoms. The molecule has 150 valence electrons. The van der Waals surface area contributed by atoms with Crippen LogP contribution in [-0.2, 0) is 27.2 Å². The zero-order chi connectivity index (χ0) is 21.0. The monoisotopic (exact) mass is 410 g/mol. The van der Waals surface area contributed by atoms with Gasteiger partial charge >= 0.3 is 5.97 Å². The van der Waals surface area contributed by atoms with E-state index in [9.17, 15) is 19.6 Å². The third kappa shape index (κ3) is 4.90. The molecule has 2 aromatic rings. The van der Waals surface area contributed by atoms with Gasteiger partial charge in [0.2, 0.25) is 0 Å². The molecule has 1 aromatic carbocycles. The molecule has 0 unspecified atom stereocenters. The molecule has 0 fully saturated rings. The Hall–Kier alpha value is -2.98. The second-order valence-electron chi connectivity index (χ2n) is 7.10. The number of benzene rings is 1. The Labute approximate surface area is 173 Å². The van der Waals surface area contributed by atoms with E-state index in [0.717, 1.165) is 40.8 Å². The number of amides is 1. The molecular formula is C22H22N2O4S. The van der Waals surface area contributed by atoms with Crippen molar-refractivity contribution >= 4 is 34.0 Å². The number of esters is 1. The van der Waals surface area contributed by atoms with Gasteiger partial charge in [-0.2, -0.15) is 5.26 Å². The van der Waals surface area contributed by atoms with Crippen LogP contribution in [0.25, 0.3) is 0 Å². The number of fused-ring (bicyclic) bond motifs is 1. The second-order valence-corrected chi connectivity index (χ2v) is 8.21. The number of hydrogen-bond acceptors (Lipinski definition) is 6. The number of nitrogens with one attached hydrogen (secondary N) is 1. The van der Waals surface area contributed by atoms with Crippen molar-refractivity contribution in [3.05, 3.63) is 50.9 Å². The van der Waals surface area contributed by atoms with Gasteiger partial charge < -0.3 is 10.1 Å². The summed E-state index contributed by atoms with van der Waals surface area (Å²) in [5.74, 6) is -1.23. The lowest BCUT2D eigenvalue weighted by atomic mass is 10.0. The van der Waals surface area contributed by atoms with E-state index in [1.165, 1.54) is 11.3 Å². The van der Waals surface area contributed by atoms with Crippen LogP contribution in [0.3, 0.4) is 0 Å². The first kappa shape index (κ1) is 20.7. The molecule has 0 bridgehead atoms. The van der Waals surface area contributed by atoms with E-state index >= 15 is 0 Å². The lowest BCUT2D eigenvalue weighted by molar-refractivity contribution is -0.147. The number of Topliss-reactive ketones (excluding diaryl/α,β-unsaturated/α-hetero) is 1. The molecule has 1 amide bonds. The molecule has 1 N–H and O–H groups in total. The van der Waals surface area contributed by atoms with Crippen molar-refractivity contribution in [1.29, 1.82) is 5.26 Å². The van der Waals surface area contributed by atoms with Crippen LogP contribution in [0.2, 0.25) is 0 Å². The van der Waals surface area contributed by atoms with Crippen LogP contribution < -0.4 is 5.32 Å². The molecule has 29 heavy (non-hydrogen) atoms. The van der Waals surface area contributed by atoms with Gasteiger partial charge in [-0.15, -0.1) is 11.3 Å². The molecule has 0 spiro atoms. The Balaban J connectivity index is 1.46. The van der Waals surface area contributed by atoms with Crippen LogP contribution in [0.1, 0.15) is 56.8 Å². The highest BCUT2D eigenvalue weighted by Gasteiger charge is 2.23. The lowest BCUT2D eigenvalue weighted by Gasteiger charge is -2.07. The van der Waals surface area contributed by atoms with Gasteiger partial charge in [-0.1, -0.05) is 12.1 Å². The van der Waals surface area contributed by atoms with Gasteiger partial charge in [0.25, 0.3) is 5.91 Å². The summed E-state index contributed by atoms with van der Waals surface area (Å²) in [5.41, 5.74) is 4.22. The number of aryl methyl sites for hydroxylation is 3. The van der Waals surface area contributed by atoms with E-state index in [1.807, 2.05) is 26.0 Å². The number of ether oxygens (including phenoxy) is 1. The van der Waals surface area contributed by atoms with Crippen LogP contribution in [0.5, 0.6) is 0 Å². The van der Waals surface area contributed by atoms with Crippen molar-refractivity contribution in [3.8, 4) is 6.07 Å². The molecule has 1 aromatic heterocycles. The molecule has 1 aliphatic carbocycles. The standard InChI is InChI=1S/C22H22N2O4S/c1-13-6-7-15(10-14(13)2)18(25)8-9-21(27)28-12-20(26)24-22-17(11-23)16-4-3-5-19(16)29-22/h6-7,10H,3-5,8-9,12H2,1-2H3,(H,24,26). The summed E-state index contributed by atoms with van der Waals surface area (Å²) in [6.45, 7) is 3.46. The molecular weight excluding hydrogens is 388 g/mol. The topological polar surface area (TPSA) is 96.3 Å². The van der Waals surface area contributed by atoms with Crippen LogP contribution in [0.15, 0.2) is 18.2 Å². The highest BCUT2D eigenvalue weighted by Crippen LogP contribution is 2.38. The second kappa shape index (κ2) is 9.01. The van der Waals surface area contributed by atoms with Crippen LogP contribution in [0.4, 0.5) is 5.00 Å². The van der Waals surface area contributed by atoms with Crippen molar-refractivity contribution in [2.24, 2.45) is 0 Å². The van der Waals surface area contributed by atoms with Crippen molar-refractivity contribution in [2.75, 3.05) is 11.9 Å². The lowest BCUT2D eigenvalue weighted by Crippen LogP contribution is -2.21. The van der Waals surface area contributed by atoms with E-state index in [2.05, 4.69) is 11.4 Å². The summed E-state index contributed by atoms with van der Waals surface area (Å²) in [6, 6.07) is 7.58. The Bertz CT molecular complexity index is 1020. The van der Waals surface area contributed by atoms with Gasteiger partial charge in [-0.3, -0.25) is 14.4 Å². The first-order valence-corrected chi connectivity index (χ1v) is 10.3. The minimum atomic E-state index is -0.605. The Morgan fingerprint density at radius 3 is 2.69 bits per heavy atom. The Morgan fingerprint density at radius 1 is 1.17 bits per heavy atom.